The minimum atomic E-state index is -0.824. The second kappa shape index (κ2) is 6.52. The van der Waals surface area contributed by atoms with Crippen LogP contribution in [0.4, 0.5) is 0 Å². The maximum Gasteiger partial charge on any atom is 0.303 e. The molecule has 0 bridgehead atoms. The fourth-order valence-corrected chi connectivity index (χ4v) is 1.32. The lowest BCUT2D eigenvalue weighted by Gasteiger charge is -2.04. The topological polar surface area (TPSA) is 86.6 Å². The number of hydrogen-bond donors (Lipinski definition) is 3. The molecular weight excluding hydrogens is 222 g/mol. The maximum absolute atomic E-state index is 11.5. The van der Waals surface area contributed by atoms with Crippen molar-refractivity contribution in [3.05, 3.63) is 29.8 Å². The SMILES string of the molecule is O=C(O)CCCCNC(=O)c1ccc(O)cc1. The maximum atomic E-state index is 11.5. The summed E-state index contributed by atoms with van der Waals surface area (Å²) in [5, 5.41) is 20.1. The van der Waals surface area contributed by atoms with E-state index in [2.05, 4.69) is 5.32 Å². The van der Waals surface area contributed by atoms with E-state index in [4.69, 9.17) is 10.2 Å². The van der Waals surface area contributed by atoms with Crippen LogP contribution in [-0.2, 0) is 4.79 Å². The number of nitrogens with one attached hydrogen (secondary N) is 1. The second-order valence-corrected chi connectivity index (χ2v) is 3.65. The van der Waals surface area contributed by atoms with Gasteiger partial charge in [0, 0.05) is 18.5 Å². The van der Waals surface area contributed by atoms with E-state index in [9.17, 15) is 9.59 Å². The summed E-state index contributed by atoms with van der Waals surface area (Å²) < 4.78 is 0. The monoisotopic (exact) mass is 237 g/mol. The van der Waals surface area contributed by atoms with E-state index in [1.807, 2.05) is 0 Å². The first-order valence-electron chi connectivity index (χ1n) is 5.38. The number of hydrogen-bond acceptors (Lipinski definition) is 3. The molecule has 0 atom stereocenters. The van der Waals surface area contributed by atoms with Crippen LogP contribution in [0.15, 0.2) is 24.3 Å². The van der Waals surface area contributed by atoms with Crippen LogP contribution in [0.25, 0.3) is 0 Å². The highest BCUT2D eigenvalue weighted by Crippen LogP contribution is 2.09. The smallest absolute Gasteiger partial charge is 0.303 e. The molecule has 0 fully saturated rings. The van der Waals surface area contributed by atoms with Crippen LogP contribution in [0.2, 0.25) is 0 Å². The van der Waals surface area contributed by atoms with Crippen LogP contribution in [-0.4, -0.2) is 28.6 Å². The van der Waals surface area contributed by atoms with E-state index in [0.717, 1.165) is 0 Å². The number of unbranched alkanes of at least 4 members (excludes halogenated alkanes) is 1. The Labute approximate surface area is 99.1 Å². The van der Waals surface area contributed by atoms with E-state index in [1.165, 1.54) is 24.3 Å². The molecule has 92 valence electrons. The number of rotatable bonds is 6. The zero-order chi connectivity index (χ0) is 12.7. The quantitative estimate of drug-likeness (QED) is 0.652. The largest absolute Gasteiger partial charge is 0.508 e. The van der Waals surface area contributed by atoms with Gasteiger partial charge < -0.3 is 15.5 Å². The van der Waals surface area contributed by atoms with Gasteiger partial charge in [0.1, 0.15) is 5.75 Å². The first-order valence-corrected chi connectivity index (χ1v) is 5.38. The van der Waals surface area contributed by atoms with E-state index < -0.39 is 5.97 Å². The highest BCUT2D eigenvalue weighted by Gasteiger charge is 2.04. The van der Waals surface area contributed by atoms with Crippen LogP contribution in [0, 0.1) is 0 Å². The van der Waals surface area contributed by atoms with E-state index in [1.54, 1.807) is 0 Å². The Morgan fingerprint density at radius 3 is 2.35 bits per heavy atom. The van der Waals surface area contributed by atoms with Gasteiger partial charge in [-0.15, -0.1) is 0 Å². The number of benzene rings is 1. The third kappa shape index (κ3) is 5.01. The molecule has 0 aliphatic rings. The average Bonchev–Trinajstić information content (AvgIpc) is 2.29. The number of carboxylic acid groups (broad SMARTS) is 1. The van der Waals surface area contributed by atoms with Crippen LogP contribution in [0.1, 0.15) is 29.6 Å². The number of carboxylic acids is 1. The molecule has 1 rings (SSSR count). The number of amides is 1. The molecule has 0 aliphatic heterocycles. The predicted octanol–water partition coefficient (Wildman–Crippen LogP) is 1.38. The molecule has 0 aromatic heterocycles. The third-order valence-corrected chi connectivity index (χ3v) is 2.23. The third-order valence-electron chi connectivity index (χ3n) is 2.23. The molecule has 0 unspecified atom stereocenters. The number of phenolic OH excluding ortho intramolecular Hbond substituents is 1. The van der Waals surface area contributed by atoms with Crippen LogP contribution < -0.4 is 5.32 Å². The summed E-state index contributed by atoms with van der Waals surface area (Å²) in [5.74, 6) is -0.932. The first-order chi connectivity index (χ1) is 8.09. The Balaban J connectivity index is 2.25. The van der Waals surface area contributed by atoms with Crippen molar-refractivity contribution < 1.29 is 19.8 Å². The van der Waals surface area contributed by atoms with Crippen molar-refractivity contribution in [1.29, 1.82) is 0 Å². The summed E-state index contributed by atoms with van der Waals surface area (Å²) in [6.45, 7) is 0.451. The lowest BCUT2D eigenvalue weighted by molar-refractivity contribution is -0.137. The average molecular weight is 237 g/mol. The molecule has 0 spiro atoms. The van der Waals surface area contributed by atoms with Crippen LogP contribution >= 0.6 is 0 Å². The molecule has 1 aromatic carbocycles. The Morgan fingerprint density at radius 1 is 1.12 bits per heavy atom. The van der Waals surface area contributed by atoms with Gasteiger partial charge >= 0.3 is 5.97 Å². The Bertz CT molecular complexity index is 386. The molecule has 17 heavy (non-hydrogen) atoms. The van der Waals surface area contributed by atoms with E-state index in [-0.39, 0.29) is 18.1 Å². The predicted molar refractivity (Wildman–Crippen MR) is 61.9 cm³/mol. The van der Waals surface area contributed by atoms with Gasteiger partial charge in [-0.25, -0.2) is 0 Å². The molecule has 0 heterocycles. The summed E-state index contributed by atoms with van der Waals surface area (Å²) in [6.07, 6.45) is 1.30. The molecule has 5 heteroatoms. The normalized spacial score (nSPS) is 9.88. The van der Waals surface area contributed by atoms with Gasteiger partial charge in [-0.2, -0.15) is 0 Å². The Hall–Kier alpha value is -2.04. The van der Waals surface area contributed by atoms with Gasteiger partial charge in [-0.3, -0.25) is 9.59 Å². The van der Waals surface area contributed by atoms with E-state index in [0.29, 0.717) is 24.9 Å². The first kappa shape index (κ1) is 13.0. The summed E-state index contributed by atoms with van der Waals surface area (Å²) in [6, 6.07) is 5.95. The molecule has 0 saturated heterocycles. The van der Waals surface area contributed by atoms with E-state index >= 15 is 0 Å². The fourth-order valence-electron chi connectivity index (χ4n) is 1.32. The Kier molecular flexibility index (Phi) is 5.00. The zero-order valence-electron chi connectivity index (χ0n) is 9.35. The number of aliphatic carboxylic acids is 1. The van der Waals surface area contributed by atoms with Crippen molar-refractivity contribution in [3.63, 3.8) is 0 Å². The highest BCUT2D eigenvalue weighted by molar-refractivity contribution is 5.94. The standard InChI is InChI=1S/C12H15NO4/c14-10-6-4-9(5-7-10)12(17)13-8-2-1-3-11(15)16/h4-7,14H,1-3,8H2,(H,13,17)(H,15,16). The van der Waals surface area contributed by atoms with Crippen molar-refractivity contribution in [2.75, 3.05) is 6.54 Å². The zero-order valence-corrected chi connectivity index (χ0v) is 9.35. The molecular formula is C12H15NO4. The van der Waals surface area contributed by atoms with Gasteiger partial charge in [-0.05, 0) is 37.1 Å². The molecule has 5 nitrogen and oxygen atoms in total. The van der Waals surface area contributed by atoms with Crippen molar-refractivity contribution in [2.45, 2.75) is 19.3 Å². The van der Waals surface area contributed by atoms with Crippen molar-refractivity contribution in [1.82, 2.24) is 5.32 Å². The molecule has 1 aromatic rings. The van der Waals surface area contributed by atoms with Crippen molar-refractivity contribution in [3.8, 4) is 5.75 Å². The van der Waals surface area contributed by atoms with Crippen LogP contribution in [0.3, 0.4) is 0 Å². The Morgan fingerprint density at radius 2 is 1.76 bits per heavy atom. The van der Waals surface area contributed by atoms with Gasteiger partial charge in [0.25, 0.3) is 5.91 Å². The molecule has 0 saturated carbocycles. The summed E-state index contributed by atoms with van der Waals surface area (Å²) in [4.78, 5) is 21.8. The molecule has 3 N–H and O–H groups in total. The highest BCUT2D eigenvalue weighted by atomic mass is 16.4. The number of phenols is 1. The molecule has 1 amide bonds. The summed E-state index contributed by atoms with van der Waals surface area (Å²) >= 11 is 0. The van der Waals surface area contributed by atoms with Crippen molar-refractivity contribution in [2.24, 2.45) is 0 Å². The van der Waals surface area contributed by atoms with Gasteiger partial charge in [0.15, 0.2) is 0 Å². The lowest BCUT2D eigenvalue weighted by atomic mass is 10.2. The van der Waals surface area contributed by atoms with Crippen molar-refractivity contribution >= 4 is 11.9 Å². The lowest BCUT2D eigenvalue weighted by Crippen LogP contribution is -2.24. The molecule has 0 radical (unpaired) electrons. The van der Waals surface area contributed by atoms with Gasteiger partial charge in [0.05, 0.1) is 0 Å². The van der Waals surface area contributed by atoms with Gasteiger partial charge in [0.2, 0.25) is 0 Å². The van der Waals surface area contributed by atoms with Gasteiger partial charge in [-0.1, -0.05) is 0 Å². The number of aromatic hydroxyl groups is 1. The molecule has 0 aliphatic carbocycles. The minimum absolute atomic E-state index is 0.114. The number of carbonyl (C=O) groups is 2. The second-order valence-electron chi connectivity index (χ2n) is 3.65. The fraction of sp³-hybridized carbons (Fsp3) is 0.333. The number of carbonyl (C=O) groups excluding carboxylic acids is 1. The summed E-state index contributed by atoms with van der Waals surface area (Å²) in [5.41, 5.74) is 0.473. The minimum Gasteiger partial charge on any atom is -0.508 e. The summed E-state index contributed by atoms with van der Waals surface area (Å²) in [7, 11) is 0. The van der Waals surface area contributed by atoms with Crippen LogP contribution in [0.5, 0.6) is 5.75 Å².